The summed E-state index contributed by atoms with van der Waals surface area (Å²) in [7, 11) is 0. The van der Waals surface area contributed by atoms with Gasteiger partial charge >= 0.3 is 5.97 Å². The highest BCUT2D eigenvalue weighted by Gasteiger charge is 2.09. The zero-order valence-corrected chi connectivity index (χ0v) is 17.9. The lowest BCUT2D eigenvalue weighted by Gasteiger charge is -2.12. The summed E-state index contributed by atoms with van der Waals surface area (Å²) in [6.45, 7) is 4.97. The van der Waals surface area contributed by atoms with E-state index >= 15 is 0 Å². The van der Waals surface area contributed by atoms with E-state index in [-0.39, 0.29) is 24.1 Å². The number of nitrogens with one attached hydrogen (secondary N) is 1. The molecule has 0 bridgehead atoms. The van der Waals surface area contributed by atoms with Gasteiger partial charge in [-0.3, -0.25) is 9.59 Å². The van der Waals surface area contributed by atoms with Crippen molar-refractivity contribution in [1.82, 2.24) is 5.32 Å². The topological polar surface area (TPSA) is 73.9 Å². The highest BCUT2D eigenvalue weighted by molar-refractivity contribution is 8.00. The molecule has 1 N–H and O–H groups in total. The third-order valence-corrected chi connectivity index (χ3v) is 4.86. The van der Waals surface area contributed by atoms with E-state index < -0.39 is 5.97 Å². The maximum absolute atomic E-state index is 12.9. The zero-order chi connectivity index (χ0) is 21.8. The van der Waals surface area contributed by atoms with Crippen molar-refractivity contribution in [2.24, 2.45) is 0 Å². The van der Waals surface area contributed by atoms with Gasteiger partial charge in [0, 0.05) is 11.4 Å². The fourth-order valence-corrected chi connectivity index (χ4v) is 3.21. The number of amides is 1. The molecule has 0 aliphatic carbocycles. The Bertz CT molecular complexity index is 829. The van der Waals surface area contributed by atoms with Crippen LogP contribution in [-0.4, -0.2) is 44.0 Å². The highest BCUT2D eigenvalue weighted by Crippen LogP contribution is 2.28. The van der Waals surface area contributed by atoms with Crippen LogP contribution in [0.4, 0.5) is 4.39 Å². The summed E-state index contributed by atoms with van der Waals surface area (Å²) in [4.78, 5) is 24.4. The van der Waals surface area contributed by atoms with Crippen LogP contribution in [0.15, 0.2) is 47.4 Å². The smallest absolute Gasteiger partial charge is 0.316 e. The van der Waals surface area contributed by atoms with Gasteiger partial charge in [0.25, 0.3) is 5.91 Å². The highest BCUT2D eigenvalue weighted by atomic mass is 32.2. The summed E-state index contributed by atoms with van der Waals surface area (Å²) in [6, 6.07) is 11.5. The molecule has 6 nitrogen and oxygen atoms in total. The van der Waals surface area contributed by atoms with Crippen LogP contribution in [0.1, 0.15) is 19.4 Å². The summed E-state index contributed by atoms with van der Waals surface area (Å²) in [6.07, 6.45) is 0.604. The first-order chi connectivity index (χ1) is 14.5. The molecule has 30 heavy (non-hydrogen) atoms. The van der Waals surface area contributed by atoms with Crippen molar-refractivity contribution < 1.29 is 28.2 Å². The van der Waals surface area contributed by atoms with Crippen LogP contribution in [0.5, 0.6) is 11.5 Å². The van der Waals surface area contributed by atoms with Gasteiger partial charge in [0.1, 0.15) is 5.82 Å². The Balaban J connectivity index is 1.68. The van der Waals surface area contributed by atoms with E-state index in [4.69, 9.17) is 14.2 Å². The Kier molecular flexibility index (Phi) is 10.00. The van der Waals surface area contributed by atoms with Crippen LogP contribution in [0.3, 0.4) is 0 Å². The Hall–Kier alpha value is -2.74. The third-order valence-electron chi connectivity index (χ3n) is 3.88. The second-order valence-corrected chi connectivity index (χ2v) is 7.20. The van der Waals surface area contributed by atoms with Gasteiger partial charge in [0.15, 0.2) is 18.1 Å². The van der Waals surface area contributed by atoms with Crippen molar-refractivity contribution >= 4 is 23.6 Å². The molecule has 0 saturated carbocycles. The summed E-state index contributed by atoms with van der Waals surface area (Å²) in [5, 5.41) is 2.72. The summed E-state index contributed by atoms with van der Waals surface area (Å²) >= 11 is 1.22. The van der Waals surface area contributed by atoms with Crippen molar-refractivity contribution in [2.75, 3.05) is 32.1 Å². The molecule has 2 aromatic rings. The fourth-order valence-electron chi connectivity index (χ4n) is 2.51. The Morgan fingerprint density at radius 3 is 2.40 bits per heavy atom. The summed E-state index contributed by atoms with van der Waals surface area (Å²) in [5.41, 5.74) is 0.995. The monoisotopic (exact) mass is 435 g/mol. The second-order valence-electron chi connectivity index (χ2n) is 6.15. The molecular weight excluding hydrogens is 409 g/mol. The van der Waals surface area contributed by atoms with E-state index in [1.807, 2.05) is 32.0 Å². The molecule has 0 aromatic heterocycles. The molecule has 0 heterocycles. The van der Waals surface area contributed by atoms with E-state index in [1.54, 1.807) is 12.1 Å². The standard InChI is InChI=1S/C22H26FNO5S/c1-3-27-19-10-5-16(13-20(19)28-4-2)11-12-24-21(25)14-29-22(26)15-30-18-8-6-17(23)7-9-18/h5-10,13H,3-4,11-12,14-15H2,1-2H3,(H,24,25). The minimum atomic E-state index is -0.507. The van der Waals surface area contributed by atoms with Gasteiger partial charge in [0.05, 0.1) is 19.0 Å². The molecule has 2 aromatic carbocycles. The fraction of sp³-hybridized carbons (Fsp3) is 0.364. The Labute approximate surface area is 180 Å². The number of hydrogen-bond acceptors (Lipinski definition) is 6. The van der Waals surface area contributed by atoms with Crippen LogP contribution >= 0.6 is 11.8 Å². The summed E-state index contributed by atoms with van der Waals surface area (Å²) < 4.78 is 28.9. The van der Waals surface area contributed by atoms with Crippen molar-refractivity contribution in [3.05, 3.63) is 53.8 Å². The normalized spacial score (nSPS) is 10.4. The van der Waals surface area contributed by atoms with E-state index in [9.17, 15) is 14.0 Å². The predicted octanol–water partition coefficient (Wildman–Crippen LogP) is 3.62. The predicted molar refractivity (Wildman–Crippen MR) is 114 cm³/mol. The average Bonchev–Trinajstić information content (AvgIpc) is 2.74. The molecule has 0 aliphatic rings. The van der Waals surface area contributed by atoms with Crippen LogP contribution in [0.25, 0.3) is 0 Å². The molecule has 0 atom stereocenters. The van der Waals surface area contributed by atoms with Gasteiger partial charge in [-0.15, -0.1) is 11.8 Å². The average molecular weight is 436 g/mol. The lowest BCUT2D eigenvalue weighted by atomic mass is 10.1. The molecule has 8 heteroatoms. The number of carbonyl (C=O) groups is 2. The van der Waals surface area contributed by atoms with Crippen LogP contribution < -0.4 is 14.8 Å². The van der Waals surface area contributed by atoms with E-state index in [0.717, 1.165) is 10.5 Å². The molecular formula is C22H26FNO5S. The maximum Gasteiger partial charge on any atom is 0.316 e. The Morgan fingerprint density at radius 1 is 1.00 bits per heavy atom. The molecule has 0 unspecified atom stereocenters. The van der Waals surface area contributed by atoms with E-state index in [2.05, 4.69) is 5.32 Å². The quantitative estimate of drug-likeness (QED) is 0.406. The van der Waals surface area contributed by atoms with Crippen molar-refractivity contribution in [3.8, 4) is 11.5 Å². The first kappa shape index (κ1) is 23.5. The number of esters is 1. The molecule has 0 spiro atoms. The van der Waals surface area contributed by atoms with Gasteiger partial charge in [-0.25, -0.2) is 4.39 Å². The van der Waals surface area contributed by atoms with E-state index in [0.29, 0.717) is 37.7 Å². The SMILES string of the molecule is CCOc1ccc(CCNC(=O)COC(=O)CSc2ccc(F)cc2)cc1OCC. The third kappa shape index (κ3) is 8.32. The first-order valence-electron chi connectivity index (χ1n) is 9.71. The zero-order valence-electron chi connectivity index (χ0n) is 17.1. The number of ether oxygens (including phenoxy) is 3. The number of rotatable bonds is 12. The molecule has 0 saturated heterocycles. The van der Waals surface area contributed by atoms with Gasteiger partial charge in [-0.05, 0) is 62.2 Å². The van der Waals surface area contributed by atoms with Gasteiger partial charge < -0.3 is 19.5 Å². The number of halogens is 1. The lowest BCUT2D eigenvalue weighted by Crippen LogP contribution is -2.30. The molecule has 2 rings (SSSR count). The molecule has 1 amide bonds. The van der Waals surface area contributed by atoms with Gasteiger partial charge in [-0.2, -0.15) is 0 Å². The summed E-state index contributed by atoms with van der Waals surface area (Å²) in [5.74, 6) is 0.204. The number of thioether (sulfide) groups is 1. The first-order valence-corrected chi connectivity index (χ1v) is 10.7. The second kappa shape index (κ2) is 12.7. The number of hydrogen-bond donors (Lipinski definition) is 1. The van der Waals surface area contributed by atoms with Crippen molar-refractivity contribution in [2.45, 2.75) is 25.2 Å². The number of benzene rings is 2. The molecule has 162 valence electrons. The van der Waals surface area contributed by atoms with Crippen LogP contribution in [-0.2, 0) is 20.7 Å². The molecule has 0 aliphatic heterocycles. The van der Waals surface area contributed by atoms with E-state index in [1.165, 1.54) is 23.9 Å². The molecule has 0 fully saturated rings. The molecule has 0 radical (unpaired) electrons. The van der Waals surface area contributed by atoms with Crippen LogP contribution in [0.2, 0.25) is 0 Å². The van der Waals surface area contributed by atoms with Crippen molar-refractivity contribution in [1.29, 1.82) is 0 Å². The van der Waals surface area contributed by atoms with Gasteiger partial charge in [-0.1, -0.05) is 6.07 Å². The number of carbonyl (C=O) groups excluding carboxylic acids is 2. The minimum absolute atomic E-state index is 0.0469. The minimum Gasteiger partial charge on any atom is -0.490 e. The Morgan fingerprint density at radius 2 is 1.70 bits per heavy atom. The maximum atomic E-state index is 12.9. The lowest BCUT2D eigenvalue weighted by molar-refractivity contribution is -0.145. The largest absolute Gasteiger partial charge is 0.490 e. The van der Waals surface area contributed by atoms with Crippen LogP contribution in [0, 0.1) is 5.82 Å². The van der Waals surface area contributed by atoms with Gasteiger partial charge in [0.2, 0.25) is 0 Å². The van der Waals surface area contributed by atoms with Crippen molar-refractivity contribution in [3.63, 3.8) is 0 Å².